The van der Waals surface area contributed by atoms with E-state index in [9.17, 15) is 14.4 Å². The van der Waals surface area contributed by atoms with Crippen molar-refractivity contribution in [2.24, 2.45) is 5.92 Å². The minimum atomic E-state index is -1.14. The number of benzene rings is 2. The Morgan fingerprint density at radius 1 is 1.12 bits per heavy atom. The van der Waals surface area contributed by atoms with Gasteiger partial charge in [0.25, 0.3) is 5.91 Å². The first-order chi connectivity index (χ1) is 16.0. The van der Waals surface area contributed by atoms with Crippen molar-refractivity contribution < 1.29 is 19.1 Å². The molecule has 0 aliphatic carbocycles. The van der Waals surface area contributed by atoms with Gasteiger partial charge in [-0.25, -0.2) is 4.98 Å². The number of rotatable bonds is 6. The van der Waals surface area contributed by atoms with Gasteiger partial charge in [-0.05, 0) is 60.7 Å². The van der Waals surface area contributed by atoms with Crippen molar-refractivity contribution in [3.63, 3.8) is 0 Å². The first-order valence-corrected chi connectivity index (χ1v) is 12.2. The first-order valence-electron chi connectivity index (χ1n) is 10.5. The van der Waals surface area contributed by atoms with Gasteiger partial charge in [-0.1, -0.05) is 35.6 Å². The zero-order valence-corrected chi connectivity index (χ0v) is 19.6. The third kappa shape index (κ3) is 3.75. The number of Topliss-reactive ketones (excluding diaryl/α,β-unsaturated/α-hetero) is 2. The molecule has 2 aromatic heterocycles. The largest absolute Gasteiger partial charge is 0.494 e. The molecule has 0 bridgehead atoms. The van der Waals surface area contributed by atoms with Crippen LogP contribution in [0, 0.1) is 12.8 Å². The number of hydrogen-bond acceptors (Lipinski definition) is 7. The van der Waals surface area contributed by atoms with Crippen molar-refractivity contribution in [1.82, 2.24) is 4.98 Å². The molecule has 1 aliphatic heterocycles. The number of anilines is 1. The van der Waals surface area contributed by atoms with Crippen molar-refractivity contribution >= 4 is 55.5 Å². The number of carbonyl (C=O) groups is 3. The molecule has 0 saturated carbocycles. The van der Waals surface area contributed by atoms with Crippen LogP contribution in [-0.4, -0.2) is 29.1 Å². The molecule has 0 spiro atoms. The second kappa shape index (κ2) is 8.53. The van der Waals surface area contributed by atoms with Crippen molar-refractivity contribution in [2.45, 2.75) is 19.9 Å². The summed E-state index contributed by atoms with van der Waals surface area (Å²) in [5.41, 5.74) is 2.51. The smallest absolute Gasteiger partial charge is 0.297 e. The lowest BCUT2D eigenvalue weighted by Gasteiger charge is -2.25. The van der Waals surface area contributed by atoms with Gasteiger partial charge in [-0.15, -0.1) is 11.3 Å². The van der Waals surface area contributed by atoms with Crippen LogP contribution in [0.25, 0.3) is 10.2 Å². The minimum absolute atomic E-state index is 0.346. The molecule has 6 nitrogen and oxygen atoms in total. The summed E-state index contributed by atoms with van der Waals surface area (Å²) in [6, 6.07) is 15.7. The van der Waals surface area contributed by atoms with Gasteiger partial charge in [-0.2, -0.15) is 0 Å². The molecule has 0 radical (unpaired) electrons. The highest BCUT2D eigenvalue weighted by molar-refractivity contribution is 7.22. The lowest BCUT2D eigenvalue weighted by molar-refractivity contribution is -0.135. The summed E-state index contributed by atoms with van der Waals surface area (Å²) in [5.74, 6) is -2.22. The lowest BCUT2D eigenvalue weighted by atomic mass is 9.88. The Labute approximate surface area is 198 Å². The topological polar surface area (TPSA) is 76.6 Å². The highest BCUT2D eigenvalue weighted by Crippen LogP contribution is 2.44. The van der Waals surface area contributed by atoms with E-state index in [-0.39, 0.29) is 5.78 Å². The summed E-state index contributed by atoms with van der Waals surface area (Å²) in [5, 5.41) is 2.20. The maximum Gasteiger partial charge on any atom is 0.297 e. The van der Waals surface area contributed by atoms with Crippen LogP contribution in [0.3, 0.4) is 0 Å². The Balaban J connectivity index is 1.64. The molecule has 1 aliphatic rings. The van der Waals surface area contributed by atoms with Crippen LogP contribution < -0.4 is 9.64 Å². The molecule has 5 rings (SSSR count). The normalized spacial score (nSPS) is 18.3. The summed E-state index contributed by atoms with van der Waals surface area (Å²) < 4.78 is 6.46. The average molecular weight is 477 g/mol. The molecule has 2 atom stereocenters. The fraction of sp³-hybridized carbons (Fsp3) is 0.200. The quantitative estimate of drug-likeness (QED) is 0.217. The van der Waals surface area contributed by atoms with E-state index >= 15 is 0 Å². The molecule has 33 heavy (non-hydrogen) atoms. The average Bonchev–Trinajstić information content (AvgIpc) is 3.53. The summed E-state index contributed by atoms with van der Waals surface area (Å²) in [7, 11) is 0. The second-order valence-electron chi connectivity index (χ2n) is 7.77. The Morgan fingerprint density at radius 2 is 1.91 bits per heavy atom. The summed E-state index contributed by atoms with van der Waals surface area (Å²) in [6.45, 7) is 4.41. The van der Waals surface area contributed by atoms with Gasteiger partial charge in [0.1, 0.15) is 11.7 Å². The van der Waals surface area contributed by atoms with E-state index in [1.54, 1.807) is 41.8 Å². The predicted molar refractivity (Wildman–Crippen MR) is 129 cm³/mol. The Kier molecular flexibility index (Phi) is 5.55. The highest BCUT2D eigenvalue weighted by atomic mass is 32.1. The van der Waals surface area contributed by atoms with Gasteiger partial charge in [0.05, 0.1) is 27.7 Å². The maximum atomic E-state index is 13.4. The monoisotopic (exact) mass is 476 g/mol. The number of ketones is 2. The SMILES string of the molecule is CCOc1ccc(C2C(C(=O)c3cccs3)C(=O)C(=O)N2c2nc3ccc(C)cc3s2)cc1. The summed E-state index contributed by atoms with van der Waals surface area (Å²) >= 11 is 2.61. The minimum Gasteiger partial charge on any atom is -0.494 e. The molecule has 0 N–H and O–H groups in total. The fourth-order valence-electron chi connectivity index (χ4n) is 4.10. The maximum absolute atomic E-state index is 13.4. The first kappa shape index (κ1) is 21.5. The van der Waals surface area contributed by atoms with Gasteiger partial charge in [-0.3, -0.25) is 19.3 Å². The van der Waals surface area contributed by atoms with Gasteiger partial charge >= 0.3 is 0 Å². The van der Waals surface area contributed by atoms with Gasteiger partial charge in [0, 0.05) is 0 Å². The Morgan fingerprint density at radius 3 is 2.61 bits per heavy atom. The number of aromatic nitrogens is 1. The number of ether oxygens (including phenoxy) is 1. The third-order valence-corrected chi connectivity index (χ3v) is 7.53. The number of thiophene rings is 1. The number of carbonyl (C=O) groups excluding carboxylic acids is 3. The van der Waals surface area contributed by atoms with Crippen molar-refractivity contribution in [3.05, 3.63) is 76.0 Å². The number of amides is 1. The van der Waals surface area contributed by atoms with E-state index in [0.717, 1.165) is 15.8 Å². The van der Waals surface area contributed by atoms with Crippen LogP contribution in [0.5, 0.6) is 5.75 Å². The van der Waals surface area contributed by atoms with E-state index in [0.29, 0.717) is 27.9 Å². The van der Waals surface area contributed by atoms with Crippen molar-refractivity contribution in [2.75, 3.05) is 11.5 Å². The number of fused-ring (bicyclic) bond motifs is 1. The zero-order chi connectivity index (χ0) is 23.1. The number of aryl methyl sites for hydroxylation is 1. The second-order valence-corrected chi connectivity index (χ2v) is 9.73. The van der Waals surface area contributed by atoms with E-state index in [2.05, 4.69) is 4.98 Å². The molecule has 3 heterocycles. The van der Waals surface area contributed by atoms with Crippen LogP contribution in [0.2, 0.25) is 0 Å². The zero-order valence-electron chi connectivity index (χ0n) is 18.0. The molecule has 166 valence electrons. The van der Waals surface area contributed by atoms with E-state index < -0.39 is 23.7 Å². The number of hydrogen-bond donors (Lipinski definition) is 0. The summed E-state index contributed by atoms with van der Waals surface area (Å²) in [6.07, 6.45) is 0. The van der Waals surface area contributed by atoms with E-state index in [1.165, 1.54) is 27.6 Å². The van der Waals surface area contributed by atoms with Crippen molar-refractivity contribution in [1.29, 1.82) is 0 Å². The third-order valence-electron chi connectivity index (χ3n) is 5.62. The molecule has 1 amide bonds. The molecular weight excluding hydrogens is 456 g/mol. The molecule has 4 aromatic rings. The van der Waals surface area contributed by atoms with Crippen LogP contribution >= 0.6 is 22.7 Å². The lowest BCUT2D eigenvalue weighted by Crippen LogP contribution is -2.30. The summed E-state index contributed by atoms with van der Waals surface area (Å²) in [4.78, 5) is 46.3. The fourth-order valence-corrected chi connectivity index (χ4v) is 5.91. The standard InChI is InChI=1S/C25H20N2O4S2/c1-3-31-16-9-7-15(8-10-16)21-20(22(28)18-5-4-12-32-18)23(29)24(30)27(21)25-26-17-11-6-14(2)13-19(17)33-25/h4-13,20-21H,3H2,1-2H3. The Hall–Kier alpha value is -3.36. The number of thiazole rings is 1. The molecule has 8 heteroatoms. The van der Waals surface area contributed by atoms with Gasteiger partial charge < -0.3 is 4.74 Å². The number of nitrogens with zero attached hydrogens (tertiary/aromatic N) is 2. The molecule has 1 saturated heterocycles. The van der Waals surface area contributed by atoms with Crippen LogP contribution in [-0.2, 0) is 9.59 Å². The molecular formula is C25H20N2O4S2. The van der Waals surface area contributed by atoms with Crippen LogP contribution in [0.15, 0.2) is 60.0 Å². The highest BCUT2D eigenvalue weighted by Gasteiger charge is 2.53. The molecule has 2 unspecified atom stereocenters. The Bertz CT molecular complexity index is 1360. The van der Waals surface area contributed by atoms with E-state index in [1.807, 2.05) is 32.0 Å². The van der Waals surface area contributed by atoms with Gasteiger partial charge in [0.2, 0.25) is 5.78 Å². The van der Waals surface area contributed by atoms with E-state index in [4.69, 9.17) is 4.74 Å². The van der Waals surface area contributed by atoms with Crippen LogP contribution in [0.4, 0.5) is 5.13 Å². The molecule has 1 fully saturated rings. The van der Waals surface area contributed by atoms with Gasteiger partial charge in [0.15, 0.2) is 10.9 Å². The molecule has 2 aromatic carbocycles. The van der Waals surface area contributed by atoms with Crippen LogP contribution in [0.1, 0.15) is 33.8 Å². The van der Waals surface area contributed by atoms with Crippen molar-refractivity contribution in [3.8, 4) is 5.75 Å². The predicted octanol–water partition coefficient (Wildman–Crippen LogP) is 5.22.